The fraction of sp³-hybridized carbons (Fsp3) is 0.105. The standard InChI is InChI=1S/C19H16FN5/c20-15-3-1-2-12(8-15)9-16(21)18-24-17-10-14(11-23-19(17)25-18)13-4-6-22-7-5-13/h1-8,10-11,16H,9,21H2,(H,23,24,25)/t16-/m1/s1. The van der Waals surface area contributed by atoms with Crippen LogP contribution in [0.1, 0.15) is 17.4 Å². The summed E-state index contributed by atoms with van der Waals surface area (Å²) >= 11 is 0. The molecular weight excluding hydrogens is 317 g/mol. The van der Waals surface area contributed by atoms with Crippen molar-refractivity contribution in [1.29, 1.82) is 0 Å². The summed E-state index contributed by atoms with van der Waals surface area (Å²) in [6.45, 7) is 0. The third-order valence-corrected chi connectivity index (χ3v) is 4.07. The van der Waals surface area contributed by atoms with E-state index in [0.29, 0.717) is 17.9 Å². The van der Waals surface area contributed by atoms with Gasteiger partial charge in [-0.15, -0.1) is 0 Å². The first-order chi connectivity index (χ1) is 12.2. The minimum atomic E-state index is -0.361. The van der Waals surface area contributed by atoms with Gasteiger partial charge in [0.1, 0.15) is 11.6 Å². The molecule has 0 aliphatic heterocycles. The van der Waals surface area contributed by atoms with E-state index in [1.54, 1.807) is 24.7 Å². The fourth-order valence-corrected chi connectivity index (χ4v) is 2.81. The average Bonchev–Trinajstić information content (AvgIpc) is 3.06. The highest BCUT2D eigenvalue weighted by molar-refractivity contribution is 5.78. The van der Waals surface area contributed by atoms with Crippen molar-refractivity contribution in [2.45, 2.75) is 12.5 Å². The van der Waals surface area contributed by atoms with Crippen molar-refractivity contribution in [3.63, 3.8) is 0 Å². The zero-order chi connectivity index (χ0) is 17.2. The number of nitrogens with two attached hydrogens (primary N) is 1. The van der Waals surface area contributed by atoms with E-state index in [-0.39, 0.29) is 11.9 Å². The van der Waals surface area contributed by atoms with E-state index in [2.05, 4.69) is 19.9 Å². The summed E-state index contributed by atoms with van der Waals surface area (Å²) in [6.07, 6.45) is 5.76. The van der Waals surface area contributed by atoms with Crippen molar-refractivity contribution in [2.75, 3.05) is 0 Å². The molecule has 5 nitrogen and oxygen atoms in total. The Labute approximate surface area is 143 Å². The van der Waals surface area contributed by atoms with Crippen LogP contribution in [0.25, 0.3) is 22.3 Å². The van der Waals surface area contributed by atoms with Crippen LogP contribution in [0, 0.1) is 5.82 Å². The second-order valence-electron chi connectivity index (χ2n) is 5.89. The van der Waals surface area contributed by atoms with Crippen molar-refractivity contribution in [1.82, 2.24) is 19.9 Å². The van der Waals surface area contributed by atoms with Crippen molar-refractivity contribution in [3.05, 3.63) is 78.3 Å². The molecule has 1 atom stereocenters. The number of benzene rings is 1. The first-order valence-corrected chi connectivity index (χ1v) is 7.95. The highest BCUT2D eigenvalue weighted by atomic mass is 19.1. The second-order valence-corrected chi connectivity index (χ2v) is 5.89. The molecule has 0 amide bonds. The van der Waals surface area contributed by atoms with E-state index >= 15 is 0 Å². The van der Waals surface area contributed by atoms with Gasteiger partial charge in [-0.3, -0.25) is 4.98 Å². The number of pyridine rings is 2. The highest BCUT2D eigenvalue weighted by Crippen LogP contribution is 2.23. The fourth-order valence-electron chi connectivity index (χ4n) is 2.81. The number of imidazole rings is 1. The maximum absolute atomic E-state index is 13.3. The van der Waals surface area contributed by atoms with Gasteiger partial charge in [0, 0.05) is 24.2 Å². The number of fused-ring (bicyclic) bond motifs is 1. The van der Waals surface area contributed by atoms with Gasteiger partial charge < -0.3 is 10.7 Å². The number of H-pyrrole nitrogens is 1. The van der Waals surface area contributed by atoms with Gasteiger partial charge in [0.15, 0.2) is 5.65 Å². The number of nitrogens with zero attached hydrogens (tertiary/aromatic N) is 3. The van der Waals surface area contributed by atoms with Gasteiger partial charge in [-0.25, -0.2) is 14.4 Å². The summed E-state index contributed by atoms with van der Waals surface area (Å²) < 4.78 is 13.3. The molecule has 124 valence electrons. The van der Waals surface area contributed by atoms with E-state index in [1.807, 2.05) is 24.3 Å². The van der Waals surface area contributed by atoms with Crippen LogP contribution in [-0.2, 0) is 6.42 Å². The van der Waals surface area contributed by atoms with Crippen molar-refractivity contribution < 1.29 is 4.39 Å². The lowest BCUT2D eigenvalue weighted by molar-refractivity contribution is 0.619. The van der Waals surface area contributed by atoms with Crippen LogP contribution in [-0.4, -0.2) is 19.9 Å². The lowest BCUT2D eigenvalue weighted by atomic mass is 10.1. The molecule has 0 bridgehead atoms. The average molecular weight is 333 g/mol. The number of aromatic nitrogens is 4. The zero-order valence-electron chi connectivity index (χ0n) is 13.4. The maximum atomic E-state index is 13.3. The van der Waals surface area contributed by atoms with Crippen LogP contribution in [0.2, 0.25) is 0 Å². The zero-order valence-corrected chi connectivity index (χ0v) is 13.4. The van der Waals surface area contributed by atoms with E-state index in [1.165, 1.54) is 12.1 Å². The third kappa shape index (κ3) is 3.25. The second kappa shape index (κ2) is 6.41. The lowest BCUT2D eigenvalue weighted by Gasteiger charge is -2.08. The molecule has 4 rings (SSSR count). The molecule has 0 fully saturated rings. The van der Waals surface area contributed by atoms with Crippen LogP contribution in [0.4, 0.5) is 4.39 Å². The molecule has 3 N–H and O–H groups in total. The predicted octanol–water partition coefficient (Wildman–Crippen LogP) is 3.40. The number of nitrogens with one attached hydrogen (secondary N) is 1. The Morgan fingerprint density at radius 1 is 1.08 bits per heavy atom. The highest BCUT2D eigenvalue weighted by Gasteiger charge is 2.14. The molecule has 25 heavy (non-hydrogen) atoms. The summed E-state index contributed by atoms with van der Waals surface area (Å²) in [6, 6.07) is 11.9. The molecule has 0 unspecified atom stereocenters. The maximum Gasteiger partial charge on any atom is 0.177 e. The van der Waals surface area contributed by atoms with Gasteiger partial charge in [0.25, 0.3) is 0 Å². The van der Waals surface area contributed by atoms with Gasteiger partial charge in [-0.05, 0) is 47.9 Å². The van der Waals surface area contributed by atoms with Crippen molar-refractivity contribution in [2.24, 2.45) is 5.73 Å². The number of aromatic amines is 1. The Morgan fingerprint density at radius 3 is 2.72 bits per heavy atom. The van der Waals surface area contributed by atoms with E-state index in [4.69, 9.17) is 5.73 Å². The first kappa shape index (κ1) is 15.4. The topological polar surface area (TPSA) is 80.5 Å². The molecule has 0 aliphatic carbocycles. The van der Waals surface area contributed by atoms with Crippen LogP contribution in [0.3, 0.4) is 0 Å². The smallest absolute Gasteiger partial charge is 0.177 e. The molecular formula is C19H16FN5. The molecule has 1 aromatic carbocycles. The SMILES string of the molecule is N[C@H](Cc1cccc(F)c1)c1nc2ncc(-c3ccncc3)cc2[nH]1. The van der Waals surface area contributed by atoms with Crippen LogP contribution >= 0.6 is 0 Å². The summed E-state index contributed by atoms with van der Waals surface area (Å²) in [5, 5.41) is 0. The largest absolute Gasteiger partial charge is 0.339 e. The normalized spacial score (nSPS) is 12.4. The van der Waals surface area contributed by atoms with E-state index in [9.17, 15) is 4.39 Å². The van der Waals surface area contributed by atoms with Crippen molar-refractivity contribution >= 4 is 11.2 Å². The van der Waals surface area contributed by atoms with Crippen molar-refractivity contribution in [3.8, 4) is 11.1 Å². The van der Waals surface area contributed by atoms with E-state index < -0.39 is 0 Å². The first-order valence-electron chi connectivity index (χ1n) is 7.95. The van der Waals surface area contributed by atoms with Gasteiger partial charge in [-0.2, -0.15) is 0 Å². The number of hydrogen-bond acceptors (Lipinski definition) is 4. The Bertz CT molecular complexity index is 1010. The molecule has 0 aliphatic rings. The summed E-state index contributed by atoms with van der Waals surface area (Å²) in [5.74, 6) is 0.372. The molecule has 6 heteroatoms. The number of hydrogen-bond donors (Lipinski definition) is 2. The van der Waals surface area contributed by atoms with Gasteiger partial charge in [0.05, 0.1) is 11.6 Å². The van der Waals surface area contributed by atoms with Crippen LogP contribution in [0.5, 0.6) is 0 Å². The predicted molar refractivity (Wildman–Crippen MR) is 94.2 cm³/mol. The van der Waals surface area contributed by atoms with Crippen LogP contribution < -0.4 is 5.73 Å². The molecule has 0 saturated carbocycles. The Hall–Kier alpha value is -3.12. The Kier molecular flexibility index (Phi) is 3.95. The van der Waals surface area contributed by atoms with Gasteiger partial charge in [0.2, 0.25) is 0 Å². The molecule has 3 heterocycles. The Balaban J connectivity index is 1.62. The molecule has 0 spiro atoms. The summed E-state index contributed by atoms with van der Waals surface area (Å²) in [7, 11) is 0. The molecule has 0 saturated heterocycles. The Morgan fingerprint density at radius 2 is 1.92 bits per heavy atom. The van der Waals surface area contributed by atoms with Crippen LogP contribution in [0.15, 0.2) is 61.1 Å². The summed E-state index contributed by atoms with van der Waals surface area (Å²) in [4.78, 5) is 16.1. The minimum Gasteiger partial charge on any atom is -0.339 e. The molecule has 3 aromatic heterocycles. The van der Waals surface area contributed by atoms with Gasteiger partial charge in [-0.1, -0.05) is 12.1 Å². The number of halogens is 1. The summed E-state index contributed by atoms with van der Waals surface area (Å²) in [5.41, 5.74) is 10.5. The molecule has 0 radical (unpaired) electrons. The van der Waals surface area contributed by atoms with E-state index in [0.717, 1.165) is 22.2 Å². The number of rotatable bonds is 4. The molecule has 4 aromatic rings. The lowest BCUT2D eigenvalue weighted by Crippen LogP contribution is -2.15. The quantitative estimate of drug-likeness (QED) is 0.600. The minimum absolute atomic E-state index is 0.266. The monoisotopic (exact) mass is 333 g/mol. The van der Waals surface area contributed by atoms with Gasteiger partial charge >= 0.3 is 0 Å². The third-order valence-electron chi connectivity index (χ3n) is 4.07.